The van der Waals surface area contributed by atoms with Crippen LogP contribution in [0.1, 0.15) is 79.1 Å². The molecule has 17 atom stereocenters. The number of aliphatic hydroxyl groups is 6. The van der Waals surface area contributed by atoms with Gasteiger partial charge >= 0.3 is 10.4 Å². The number of methoxy groups -OCH3 is 1. The van der Waals surface area contributed by atoms with Crippen molar-refractivity contribution in [3.8, 4) is 0 Å². The third-order valence-corrected chi connectivity index (χ3v) is 14.0. The van der Waals surface area contributed by atoms with E-state index in [4.69, 9.17) is 18.8 Å². The van der Waals surface area contributed by atoms with Crippen LogP contribution in [-0.2, 0) is 28.8 Å². The van der Waals surface area contributed by atoms with E-state index in [1.165, 1.54) is 7.11 Å². The first-order valence-electron chi connectivity index (χ1n) is 17.5. The van der Waals surface area contributed by atoms with Crippen LogP contribution in [0.3, 0.4) is 0 Å². The lowest BCUT2D eigenvalue weighted by atomic mass is 9.41. The molecule has 0 aromatic rings. The molecule has 5 fully saturated rings. The zero-order valence-electron chi connectivity index (χ0n) is 28.8. The summed E-state index contributed by atoms with van der Waals surface area (Å²) in [6.07, 6.45) is -3.73. The molecule has 5 rings (SSSR count). The highest BCUT2D eigenvalue weighted by molar-refractivity contribution is 7.80. The summed E-state index contributed by atoms with van der Waals surface area (Å²) in [7, 11) is -3.49. The number of hydrogen-bond donors (Lipinski definition) is 7. The molecule has 1 heterocycles. The van der Waals surface area contributed by atoms with Crippen molar-refractivity contribution in [3.05, 3.63) is 12.2 Å². The fraction of sp³-hybridized carbons (Fsp3) is 0.941. The molecule has 14 heteroatoms. The summed E-state index contributed by atoms with van der Waals surface area (Å²) in [5.74, 6) is -0.895. The van der Waals surface area contributed by atoms with Crippen molar-refractivity contribution < 1.29 is 62.0 Å². The summed E-state index contributed by atoms with van der Waals surface area (Å²) in [6, 6.07) is 0. The quantitative estimate of drug-likeness (QED) is 0.120. The maximum Gasteiger partial charge on any atom is 0.397 e. The van der Waals surface area contributed by atoms with Crippen molar-refractivity contribution in [2.75, 3.05) is 20.3 Å². The van der Waals surface area contributed by atoms with E-state index in [0.717, 1.165) is 24.8 Å². The van der Waals surface area contributed by atoms with E-state index in [0.29, 0.717) is 25.7 Å². The minimum absolute atomic E-state index is 0.0766. The molecule has 0 bridgehead atoms. The Balaban J connectivity index is 1.18. The first-order valence-corrected chi connectivity index (χ1v) is 18.9. The van der Waals surface area contributed by atoms with Crippen LogP contribution in [0.2, 0.25) is 0 Å². The zero-order chi connectivity index (χ0) is 35.6. The normalized spacial score (nSPS) is 49.0. The van der Waals surface area contributed by atoms with Gasteiger partial charge in [-0.2, -0.15) is 8.42 Å². The predicted molar refractivity (Wildman–Crippen MR) is 172 cm³/mol. The number of aliphatic hydroxyl groups excluding tert-OH is 5. The lowest BCUT2D eigenvalue weighted by molar-refractivity contribution is -0.280. The molecular weight excluding hydrogens is 648 g/mol. The average molecular weight is 707 g/mol. The molecule has 5 aliphatic rings. The molecular formula is C34H58O13S. The van der Waals surface area contributed by atoms with Crippen LogP contribution in [0, 0.1) is 46.3 Å². The third-order valence-electron chi connectivity index (χ3n) is 13.5. The Morgan fingerprint density at radius 3 is 2.31 bits per heavy atom. The van der Waals surface area contributed by atoms with Crippen molar-refractivity contribution in [1.82, 2.24) is 0 Å². The molecule has 0 aromatic heterocycles. The van der Waals surface area contributed by atoms with Gasteiger partial charge in [0, 0.05) is 31.3 Å². The van der Waals surface area contributed by atoms with E-state index >= 15 is 0 Å². The van der Waals surface area contributed by atoms with E-state index in [9.17, 15) is 39.1 Å². The Bertz CT molecular complexity index is 1270. The molecule has 0 aromatic carbocycles. The maximum absolute atomic E-state index is 12.5. The smallest absolute Gasteiger partial charge is 0.393 e. The SMILES string of the molecule is C=C(CC[C@@H](C)[C@H]1C[C@@H](O)[C@@H]2[C@]1(C)CC[C@@H]1[C@@]3(C)CC[C@H](O)[C@H](O)[C@@H]3[C@@H](O)C[C@]12O)C(C)CO[C@@H]1OC[C@@H](OS(=O)(=O)O)[C@H](OC)[C@H]1O. The van der Waals surface area contributed by atoms with Crippen molar-refractivity contribution in [1.29, 1.82) is 0 Å². The van der Waals surface area contributed by atoms with Gasteiger partial charge in [0.2, 0.25) is 0 Å². The predicted octanol–water partition coefficient (Wildman–Crippen LogP) is 1.58. The third kappa shape index (κ3) is 6.79. The lowest BCUT2D eigenvalue weighted by Crippen LogP contribution is -2.70. The molecule has 0 amide bonds. The molecule has 4 saturated carbocycles. The van der Waals surface area contributed by atoms with E-state index in [2.05, 4.69) is 24.6 Å². The highest BCUT2D eigenvalue weighted by Gasteiger charge is 2.71. The molecule has 7 N–H and O–H groups in total. The lowest BCUT2D eigenvalue weighted by Gasteiger charge is -2.66. The highest BCUT2D eigenvalue weighted by atomic mass is 32.3. The van der Waals surface area contributed by atoms with Gasteiger partial charge in [0.05, 0.1) is 43.2 Å². The Hall–Kier alpha value is -0.750. The topological polar surface area (TPSA) is 213 Å². The summed E-state index contributed by atoms with van der Waals surface area (Å²) in [5, 5.41) is 67.4. The molecule has 48 heavy (non-hydrogen) atoms. The van der Waals surface area contributed by atoms with Gasteiger partial charge in [0.15, 0.2) is 6.29 Å². The largest absolute Gasteiger partial charge is 0.397 e. The average Bonchev–Trinajstić information content (AvgIpc) is 3.27. The van der Waals surface area contributed by atoms with Crippen LogP contribution in [0.5, 0.6) is 0 Å². The number of fused-ring (bicyclic) bond motifs is 5. The summed E-state index contributed by atoms with van der Waals surface area (Å²) < 4.78 is 52.4. The first kappa shape index (κ1) is 38.5. The van der Waals surface area contributed by atoms with Crippen LogP contribution in [0.4, 0.5) is 0 Å². The van der Waals surface area contributed by atoms with Gasteiger partial charge in [-0.15, -0.1) is 0 Å². The second-order valence-electron chi connectivity index (χ2n) is 16.2. The summed E-state index contributed by atoms with van der Waals surface area (Å²) in [6.45, 7) is 12.6. The maximum atomic E-state index is 12.5. The van der Waals surface area contributed by atoms with Gasteiger partial charge in [-0.05, 0) is 73.5 Å². The molecule has 1 aliphatic heterocycles. The number of ether oxygens (including phenoxy) is 3. The minimum Gasteiger partial charge on any atom is -0.393 e. The molecule has 278 valence electrons. The van der Waals surface area contributed by atoms with Crippen LogP contribution in [0.25, 0.3) is 0 Å². The first-order chi connectivity index (χ1) is 22.3. The van der Waals surface area contributed by atoms with Crippen LogP contribution in [-0.4, -0.2) is 119 Å². The van der Waals surface area contributed by atoms with E-state index < -0.39 is 82.3 Å². The molecule has 13 nitrogen and oxygen atoms in total. The van der Waals surface area contributed by atoms with E-state index in [1.54, 1.807) is 0 Å². The molecule has 1 unspecified atom stereocenters. The van der Waals surface area contributed by atoms with Crippen molar-refractivity contribution >= 4 is 10.4 Å². The molecule has 4 aliphatic carbocycles. The van der Waals surface area contributed by atoms with Gasteiger partial charge in [0.1, 0.15) is 18.3 Å². The van der Waals surface area contributed by atoms with Crippen molar-refractivity contribution in [2.45, 2.75) is 134 Å². The summed E-state index contributed by atoms with van der Waals surface area (Å²) in [4.78, 5) is 0. The standard InChI is InChI=1S/C34H58O13S/c1-17(19(3)15-45-31-28(39)29(44-6)24(16-46-31)47-48(41,42)43)7-8-18(2)20-13-22(36)30-32(20,4)12-10-25-33(5)11-9-21(35)27(38)26(33)23(37)14-34(25,30)40/h18-31,35-40H,1,7-16H2,2-6H3,(H,41,42,43)/t18-,19?,20-,21+,22-,23+,24-,25-,26+,27+,28-,29+,30-,31-,32-,33-,34+/m1/s1. The molecule has 1 saturated heterocycles. The van der Waals surface area contributed by atoms with Gasteiger partial charge in [0.25, 0.3) is 0 Å². The zero-order valence-corrected chi connectivity index (χ0v) is 29.7. The Labute approximate surface area is 284 Å². The summed E-state index contributed by atoms with van der Waals surface area (Å²) in [5.41, 5.74) is -1.24. The van der Waals surface area contributed by atoms with Gasteiger partial charge in [-0.3, -0.25) is 4.55 Å². The molecule has 0 radical (unpaired) electrons. The fourth-order valence-electron chi connectivity index (χ4n) is 11.2. The van der Waals surface area contributed by atoms with Gasteiger partial charge in [-0.25, -0.2) is 4.18 Å². The monoisotopic (exact) mass is 706 g/mol. The van der Waals surface area contributed by atoms with Crippen molar-refractivity contribution in [2.24, 2.45) is 46.3 Å². The minimum atomic E-state index is -4.77. The molecule has 0 spiro atoms. The Morgan fingerprint density at radius 1 is 1.00 bits per heavy atom. The van der Waals surface area contributed by atoms with Gasteiger partial charge in [-0.1, -0.05) is 39.8 Å². The second-order valence-corrected chi connectivity index (χ2v) is 17.3. The fourth-order valence-corrected chi connectivity index (χ4v) is 11.6. The highest BCUT2D eigenvalue weighted by Crippen LogP contribution is 2.69. The van der Waals surface area contributed by atoms with E-state index in [-0.39, 0.29) is 48.7 Å². The Morgan fingerprint density at radius 2 is 1.67 bits per heavy atom. The van der Waals surface area contributed by atoms with Crippen LogP contribution < -0.4 is 0 Å². The Kier molecular flexibility index (Phi) is 11.2. The summed E-state index contributed by atoms with van der Waals surface area (Å²) >= 11 is 0. The number of hydrogen-bond acceptors (Lipinski definition) is 12. The van der Waals surface area contributed by atoms with Crippen LogP contribution >= 0.6 is 0 Å². The number of rotatable bonds is 11. The van der Waals surface area contributed by atoms with Crippen molar-refractivity contribution in [3.63, 3.8) is 0 Å². The van der Waals surface area contributed by atoms with E-state index in [1.807, 2.05) is 13.8 Å². The van der Waals surface area contributed by atoms with Crippen LogP contribution in [0.15, 0.2) is 12.2 Å². The second kappa shape index (κ2) is 14.0. The van der Waals surface area contributed by atoms with Gasteiger partial charge < -0.3 is 44.8 Å².